The van der Waals surface area contributed by atoms with Crippen LogP contribution in [-0.2, 0) is 0 Å². The molecular weight excluding hydrogens is 180 g/mol. The number of nitrogen functional groups attached to an aromatic ring is 1. The molecule has 0 bridgehead atoms. The number of nitrogens with two attached hydrogens (primary N) is 1. The van der Waals surface area contributed by atoms with Gasteiger partial charge in [-0.2, -0.15) is 4.98 Å². The summed E-state index contributed by atoms with van der Waals surface area (Å²) in [5, 5.41) is 6.69. The number of likely N-dealkylation sites (N-methyl/N-ethyl adjacent to an activating group) is 1. The summed E-state index contributed by atoms with van der Waals surface area (Å²) in [4.78, 5) is 8.49. The Labute approximate surface area is 83.1 Å². The number of hydrogen-bond donors (Lipinski definition) is 2. The lowest BCUT2D eigenvalue weighted by Gasteiger charge is -2.19. The van der Waals surface area contributed by atoms with Crippen molar-refractivity contribution in [3.05, 3.63) is 0 Å². The van der Waals surface area contributed by atoms with Crippen molar-refractivity contribution in [2.24, 2.45) is 0 Å². The lowest BCUT2D eigenvalue weighted by molar-refractivity contribution is 0.315. The van der Waals surface area contributed by atoms with E-state index >= 15 is 0 Å². The Morgan fingerprint density at radius 3 is 2.86 bits per heavy atom. The summed E-state index contributed by atoms with van der Waals surface area (Å²) in [7, 11) is 4.20. The smallest absolute Gasteiger partial charge is 0.246 e. The van der Waals surface area contributed by atoms with Gasteiger partial charge in [0.25, 0.3) is 0 Å². The molecule has 2 heterocycles. The Balaban J connectivity index is 2.02. The molecule has 0 aromatic carbocycles. The van der Waals surface area contributed by atoms with Crippen molar-refractivity contribution in [1.82, 2.24) is 20.1 Å². The van der Waals surface area contributed by atoms with Crippen LogP contribution < -0.4 is 10.6 Å². The third kappa shape index (κ3) is 1.65. The molecule has 1 aromatic heterocycles. The van der Waals surface area contributed by atoms with Gasteiger partial charge in [-0.3, -0.25) is 0 Å². The van der Waals surface area contributed by atoms with Gasteiger partial charge in [-0.15, -0.1) is 5.10 Å². The minimum absolute atomic E-state index is 0.383. The Kier molecular flexibility index (Phi) is 2.28. The molecule has 1 fully saturated rings. The number of anilines is 2. The van der Waals surface area contributed by atoms with Crippen LogP contribution in [0.15, 0.2) is 0 Å². The number of aromatic nitrogens is 3. The fraction of sp³-hybridized carbons (Fsp3) is 0.750. The van der Waals surface area contributed by atoms with Gasteiger partial charge in [0.05, 0.1) is 0 Å². The zero-order chi connectivity index (χ0) is 10.1. The summed E-state index contributed by atoms with van der Waals surface area (Å²) in [6.07, 6.45) is 1.15. The summed E-state index contributed by atoms with van der Waals surface area (Å²) < 4.78 is 0. The predicted octanol–water partition coefficient (Wildman–Crippen LogP) is -0.473. The van der Waals surface area contributed by atoms with Crippen LogP contribution in [0.1, 0.15) is 6.42 Å². The van der Waals surface area contributed by atoms with Gasteiger partial charge >= 0.3 is 0 Å². The topological polar surface area (TPSA) is 74.1 Å². The van der Waals surface area contributed by atoms with Gasteiger partial charge in [0.2, 0.25) is 11.9 Å². The van der Waals surface area contributed by atoms with Crippen LogP contribution in [0.25, 0.3) is 0 Å². The van der Waals surface area contributed by atoms with Crippen LogP contribution in [0.5, 0.6) is 0 Å². The first-order valence-electron chi connectivity index (χ1n) is 4.76. The van der Waals surface area contributed by atoms with E-state index in [1.54, 1.807) is 0 Å². The second-order valence-corrected chi connectivity index (χ2v) is 3.87. The highest BCUT2D eigenvalue weighted by Crippen LogP contribution is 2.18. The number of nitrogens with one attached hydrogen (secondary N) is 1. The van der Waals surface area contributed by atoms with Crippen molar-refractivity contribution in [2.45, 2.75) is 12.5 Å². The molecule has 1 atom stereocenters. The summed E-state index contributed by atoms with van der Waals surface area (Å²) in [5.74, 6) is 1.10. The van der Waals surface area contributed by atoms with E-state index in [0.29, 0.717) is 17.9 Å². The standard InChI is InChI=1S/C8H16N6/c1-13(2)6-3-4-14(5-6)8-10-7(9)11-12-8/h6H,3-5H2,1-2H3,(H3,9,10,11,12). The van der Waals surface area contributed by atoms with Gasteiger partial charge in [0.15, 0.2) is 0 Å². The Morgan fingerprint density at radius 1 is 1.57 bits per heavy atom. The lowest BCUT2D eigenvalue weighted by atomic mass is 10.2. The molecule has 0 amide bonds. The van der Waals surface area contributed by atoms with Gasteiger partial charge in [-0.1, -0.05) is 0 Å². The second-order valence-electron chi connectivity index (χ2n) is 3.87. The van der Waals surface area contributed by atoms with E-state index in [1.807, 2.05) is 0 Å². The third-order valence-corrected chi connectivity index (χ3v) is 2.67. The van der Waals surface area contributed by atoms with Gasteiger partial charge in [-0.05, 0) is 20.5 Å². The highest BCUT2D eigenvalue weighted by atomic mass is 15.4. The summed E-state index contributed by atoms with van der Waals surface area (Å²) in [5.41, 5.74) is 5.47. The van der Waals surface area contributed by atoms with Crippen molar-refractivity contribution in [1.29, 1.82) is 0 Å². The van der Waals surface area contributed by atoms with Gasteiger partial charge < -0.3 is 15.5 Å². The molecule has 78 valence electrons. The summed E-state index contributed by atoms with van der Waals surface area (Å²) in [6.45, 7) is 1.98. The maximum atomic E-state index is 5.47. The number of aromatic amines is 1. The summed E-state index contributed by atoms with van der Waals surface area (Å²) in [6, 6.07) is 0.592. The number of H-pyrrole nitrogens is 1. The average Bonchev–Trinajstić information content (AvgIpc) is 2.70. The maximum Gasteiger partial charge on any atom is 0.246 e. The molecule has 1 unspecified atom stereocenters. The fourth-order valence-electron chi connectivity index (χ4n) is 1.75. The molecule has 0 radical (unpaired) electrons. The van der Waals surface area contributed by atoms with Crippen LogP contribution in [0.2, 0.25) is 0 Å². The molecule has 1 aliphatic rings. The van der Waals surface area contributed by atoms with Crippen molar-refractivity contribution < 1.29 is 0 Å². The molecule has 3 N–H and O–H groups in total. The molecule has 0 saturated carbocycles. The zero-order valence-corrected chi connectivity index (χ0v) is 8.56. The van der Waals surface area contributed by atoms with E-state index in [4.69, 9.17) is 5.73 Å². The van der Waals surface area contributed by atoms with E-state index in [2.05, 4.69) is 39.1 Å². The van der Waals surface area contributed by atoms with Crippen LogP contribution in [-0.4, -0.2) is 53.3 Å². The molecule has 14 heavy (non-hydrogen) atoms. The Morgan fingerprint density at radius 2 is 2.36 bits per heavy atom. The van der Waals surface area contributed by atoms with Gasteiger partial charge in [0.1, 0.15) is 0 Å². The number of rotatable bonds is 2. The highest BCUT2D eigenvalue weighted by Gasteiger charge is 2.26. The Hall–Kier alpha value is -1.30. The van der Waals surface area contributed by atoms with E-state index in [-0.39, 0.29) is 0 Å². The highest BCUT2D eigenvalue weighted by molar-refractivity contribution is 5.35. The van der Waals surface area contributed by atoms with Crippen molar-refractivity contribution in [3.8, 4) is 0 Å². The first kappa shape index (κ1) is 9.26. The van der Waals surface area contributed by atoms with Crippen molar-refractivity contribution >= 4 is 11.9 Å². The molecule has 6 nitrogen and oxygen atoms in total. The summed E-state index contributed by atoms with van der Waals surface area (Å²) >= 11 is 0. The van der Waals surface area contributed by atoms with Crippen molar-refractivity contribution in [3.63, 3.8) is 0 Å². The monoisotopic (exact) mass is 196 g/mol. The largest absolute Gasteiger partial charge is 0.368 e. The SMILES string of the molecule is CN(C)C1CCN(c2n[nH]c(N)n2)C1. The van der Waals surface area contributed by atoms with E-state index in [0.717, 1.165) is 19.5 Å². The maximum absolute atomic E-state index is 5.47. The van der Waals surface area contributed by atoms with Gasteiger partial charge in [0, 0.05) is 19.1 Å². The van der Waals surface area contributed by atoms with Gasteiger partial charge in [-0.25, -0.2) is 5.10 Å². The molecule has 0 aliphatic carbocycles. The van der Waals surface area contributed by atoms with Crippen molar-refractivity contribution in [2.75, 3.05) is 37.8 Å². The zero-order valence-electron chi connectivity index (χ0n) is 8.56. The van der Waals surface area contributed by atoms with Crippen LogP contribution >= 0.6 is 0 Å². The molecule has 1 aromatic rings. The molecule has 1 saturated heterocycles. The molecular formula is C8H16N6. The minimum atomic E-state index is 0.383. The fourth-order valence-corrected chi connectivity index (χ4v) is 1.75. The first-order valence-corrected chi connectivity index (χ1v) is 4.76. The predicted molar refractivity (Wildman–Crippen MR) is 55.1 cm³/mol. The van der Waals surface area contributed by atoms with E-state index < -0.39 is 0 Å². The third-order valence-electron chi connectivity index (χ3n) is 2.67. The molecule has 2 rings (SSSR count). The van der Waals surface area contributed by atoms with Crippen LogP contribution in [0.3, 0.4) is 0 Å². The van der Waals surface area contributed by atoms with Crippen LogP contribution in [0, 0.1) is 0 Å². The van der Waals surface area contributed by atoms with E-state index in [9.17, 15) is 0 Å². The molecule has 6 heteroatoms. The number of hydrogen-bond acceptors (Lipinski definition) is 5. The Bertz CT molecular complexity index is 307. The number of nitrogens with zero attached hydrogens (tertiary/aromatic N) is 4. The molecule has 1 aliphatic heterocycles. The first-order chi connectivity index (χ1) is 6.66. The minimum Gasteiger partial charge on any atom is -0.368 e. The quantitative estimate of drug-likeness (QED) is 0.668. The van der Waals surface area contributed by atoms with E-state index in [1.165, 1.54) is 0 Å². The average molecular weight is 196 g/mol. The lowest BCUT2D eigenvalue weighted by Crippen LogP contribution is -2.31. The second kappa shape index (κ2) is 3.45. The van der Waals surface area contributed by atoms with Crippen LogP contribution in [0.4, 0.5) is 11.9 Å². The molecule has 0 spiro atoms. The normalized spacial score (nSPS) is 22.2.